The normalized spacial score (nSPS) is 18.2. The Balaban J connectivity index is 1.63. The summed E-state index contributed by atoms with van der Waals surface area (Å²) >= 11 is 1.44. The van der Waals surface area contributed by atoms with E-state index in [1.165, 1.54) is 18.2 Å². The largest absolute Gasteiger partial charge is 0.339 e. The highest BCUT2D eigenvalue weighted by Crippen LogP contribution is 2.25. The van der Waals surface area contributed by atoms with Gasteiger partial charge in [-0.25, -0.2) is 9.97 Å². The Bertz CT molecular complexity index is 938. The average Bonchev–Trinajstić information content (AvgIpc) is 3.01. The van der Waals surface area contributed by atoms with Gasteiger partial charge in [-0.05, 0) is 45.2 Å². The maximum Gasteiger partial charge on any atom is 0.233 e. The SMILES string of the molecule is Cc1nc2c3ccccc3nc(SCC(=O)N3CCCCC3C)n2n1. The molecule has 130 valence electrons. The molecule has 0 N–H and O–H groups in total. The number of para-hydroxylation sites is 1. The second kappa shape index (κ2) is 6.63. The van der Waals surface area contributed by atoms with Crippen LogP contribution in [-0.2, 0) is 4.79 Å². The summed E-state index contributed by atoms with van der Waals surface area (Å²) in [5.41, 5.74) is 1.67. The highest BCUT2D eigenvalue weighted by molar-refractivity contribution is 7.99. The van der Waals surface area contributed by atoms with Crippen molar-refractivity contribution >= 4 is 34.2 Å². The van der Waals surface area contributed by atoms with E-state index in [2.05, 4.69) is 17.0 Å². The lowest BCUT2D eigenvalue weighted by Crippen LogP contribution is -2.43. The highest BCUT2D eigenvalue weighted by Gasteiger charge is 2.23. The van der Waals surface area contributed by atoms with Gasteiger partial charge < -0.3 is 4.90 Å². The number of fused-ring (bicyclic) bond motifs is 3. The Kier molecular flexibility index (Phi) is 4.33. The van der Waals surface area contributed by atoms with Gasteiger partial charge in [0, 0.05) is 18.0 Å². The maximum atomic E-state index is 12.6. The third-order valence-electron chi connectivity index (χ3n) is 4.70. The number of benzene rings is 1. The van der Waals surface area contributed by atoms with Gasteiger partial charge in [0.15, 0.2) is 10.8 Å². The number of carbonyl (C=O) groups excluding carboxylic acids is 1. The number of hydrogen-bond donors (Lipinski definition) is 0. The second-order valence-electron chi connectivity index (χ2n) is 6.53. The Morgan fingerprint density at radius 3 is 2.96 bits per heavy atom. The predicted molar refractivity (Wildman–Crippen MR) is 98.8 cm³/mol. The smallest absolute Gasteiger partial charge is 0.233 e. The standard InChI is InChI=1S/C18H21N5OS/c1-12-7-5-6-10-22(12)16(24)11-25-18-20-15-9-4-3-8-14(15)17-19-13(2)21-23(17)18/h3-4,8-9,12H,5-7,10-11H2,1-2H3. The molecule has 4 rings (SSSR count). The molecule has 0 bridgehead atoms. The molecular formula is C18H21N5OS. The van der Waals surface area contributed by atoms with Crippen molar-refractivity contribution < 1.29 is 4.79 Å². The van der Waals surface area contributed by atoms with Gasteiger partial charge in [-0.3, -0.25) is 4.79 Å². The summed E-state index contributed by atoms with van der Waals surface area (Å²) in [6.07, 6.45) is 3.40. The first kappa shape index (κ1) is 16.3. The minimum absolute atomic E-state index is 0.178. The molecule has 7 heteroatoms. The molecular weight excluding hydrogens is 334 g/mol. The number of aryl methyl sites for hydroxylation is 1. The van der Waals surface area contributed by atoms with E-state index in [-0.39, 0.29) is 5.91 Å². The van der Waals surface area contributed by atoms with Crippen LogP contribution in [0.2, 0.25) is 0 Å². The highest BCUT2D eigenvalue weighted by atomic mass is 32.2. The molecule has 1 aliphatic heterocycles. The van der Waals surface area contributed by atoms with E-state index >= 15 is 0 Å². The van der Waals surface area contributed by atoms with Crippen LogP contribution in [0.25, 0.3) is 16.6 Å². The molecule has 0 aliphatic carbocycles. The van der Waals surface area contributed by atoms with Crippen molar-refractivity contribution in [2.24, 2.45) is 0 Å². The number of thioether (sulfide) groups is 1. The third-order valence-corrected chi connectivity index (χ3v) is 5.62. The summed E-state index contributed by atoms with van der Waals surface area (Å²) in [5.74, 6) is 1.26. The van der Waals surface area contributed by atoms with Crippen LogP contribution in [0, 0.1) is 6.92 Å². The van der Waals surface area contributed by atoms with E-state index in [0.717, 1.165) is 35.9 Å². The van der Waals surface area contributed by atoms with E-state index in [0.29, 0.717) is 22.8 Å². The van der Waals surface area contributed by atoms with E-state index in [4.69, 9.17) is 4.98 Å². The van der Waals surface area contributed by atoms with Gasteiger partial charge >= 0.3 is 0 Å². The van der Waals surface area contributed by atoms with Crippen LogP contribution in [-0.4, -0.2) is 48.7 Å². The van der Waals surface area contributed by atoms with E-state index in [9.17, 15) is 4.79 Å². The van der Waals surface area contributed by atoms with Crippen molar-refractivity contribution in [2.45, 2.75) is 44.3 Å². The number of likely N-dealkylation sites (tertiary alicyclic amines) is 1. The lowest BCUT2D eigenvalue weighted by Gasteiger charge is -2.33. The third kappa shape index (κ3) is 3.08. The number of aromatic nitrogens is 4. The number of carbonyl (C=O) groups is 1. The summed E-state index contributed by atoms with van der Waals surface area (Å²) in [5, 5.41) is 6.16. The van der Waals surface area contributed by atoms with Crippen molar-refractivity contribution in [1.29, 1.82) is 0 Å². The summed E-state index contributed by atoms with van der Waals surface area (Å²) in [7, 11) is 0. The van der Waals surface area contributed by atoms with Crippen molar-refractivity contribution in [3.63, 3.8) is 0 Å². The minimum Gasteiger partial charge on any atom is -0.339 e. The van der Waals surface area contributed by atoms with Gasteiger partial charge in [-0.15, -0.1) is 5.10 Å². The molecule has 3 heterocycles. The fraction of sp³-hybridized carbons (Fsp3) is 0.444. The molecule has 1 atom stereocenters. The molecule has 1 aliphatic rings. The van der Waals surface area contributed by atoms with Gasteiger partial charge in [0.2, 0.25) is 5.91 Å². The number of piperidine rings is 1. The average molecular weight is 355 g/mol. The summed E-state index contributed by atoms with van der Waals surface area (Å²) in [6.45, 7) is 4.87. The van der Waals surface area contributed by atoms with Crippen LogP contribution in [0.4, 0.5) is 0 Å². The lowest BCUT2D eigenvalue weighted by molar-refractivity contribution is -0.131. The molecule has 1 saturated heterocycles. The van der Waals surface area contributed by atoms with Crippen molar-refractivity contribution in [3.05, 3.63) is 30.1 Å². The molecule has 1 unspecified atom stereocenters. The zero-order valence-electron chi connectivity index (χ0n) is 14.5. The molecule has 2 aromatic heterocycles. The van der Waals surface area contributed by atoms with Crippen LogP contribution in [0.5, 0.6) is 0 Å². The van der Waals surface area contributed by atoms with Gasteiger partial charge in [-0.1, -0.05) is 23.9 Å². The molecule has 25 heavy (non-hydrogen) atoms. The molecule has 6 nitrogen and oxygen atoms in total. The number of rotatable bonds is 3. The summed E-state index contributed by atoms with van der Waals surface area (Å²) in [4.78, 5) is 23.9. The number of hydrogen-bond acceptors (Lipinski definition) is 5. The van der Waals surface area contributed by atoms with Gasteiger partial charge in [-0.2, -0.15) is 4.52 Å². The first-order valence-electron chi connectivity index (χ1n) is 8.68. The fourth-order valence-electron chi connectivity index (χ4n) is 3.40. The molecule has 0 radical (unpaired) electrons. The monoisotopic (exact) mass is 355 g/mol. The Hall–Kier alpha value is -2.15. The molecule has 1 amide bonds. The zero-order chi connectivity index (χ0) is 17.4. The predicted octanol–water partition coefficient (Wildman–Crippen LogP) is 3.08. The zero-order valence-corrected chi connectivity index (χ0v) is 15.3. The molecule has 1 fully saturated rings. The van der Waals surface area contributed by atoms with Crippen molar-refractivity contribution in [2.75, 3.05) is 12.3 Å². The topological polar surface area (TPSA) is 63.4 Å². The first-order valence-corrected chi connectivity index (χ1v) is 9.66. The van der Waals surface area contributed by atoms with E-state index in [1.807, 2.05) is 36.1 Å². The summed E-state index contributed by atoms with van der Waals surface area (Å²) in [6, 6.07) is 8.24. The first-order chi connectivity index (χ1) is 12.1. The van der Waals surface area contributed by atoms with Gasteiger partial charge in [0.05, 0.1) is 11.3 Å². The fourth-order valence-corrected chi connectivity index (χ4v) is 4.24. The lowest BCUT2D eigenvalue weighted by atomic mass is 10.0. The molecule has 3 aromatic rings. The van der Waals surface area contributed by atoms with Crippen LogP contribution in [0.1, 0.15) is 32.0 Å². The van der Waals surface area contributed by atoms with Crippen LogP contribution >= 0.6 is 11.8 Å². The van der Waals surface area contributed by atoms with Crippen LogP contribution in [0.3, 0.4) is 0 Å². The van der Waals surface area contributed by atoms with Gasteiger partial charge in [0.1, 0.15) is 5.82 Å². The summed E-state index contributed by atoms with van der Waals surface area (Å²) < 4.78 is 1.76. The van der Waals surface area contributed by atoms with Gasteiger partial charge in [0.25, 0.3) is 0 Å². The van der Waals surface area contributed by atoms with E-state index < -0.39 is 0 Å². The Labute approximate surface area is 150 Å². The number of amides is 1. The minimum atomic E-state index is 0.178. The molecule has 0 saturated carbocycles. The molecule has 1 aromatic carbocycles. The second-order valence-corrected chi connectivity index (χ2v) is 7.47. The van der Waals surface area contributed by atoms with E-state index in [1.54, 1.807) is 4.52 Å². The van der Waals surface area contributed by atoms with Crippen LogP contribution in [0.15, 0.2) is 29.4 Å². The van der Waals surface area contributed by atoms with Crippen molar-refractivity contribution in [1.82, 2.24) is 24.5 Å². The number of nitrogens with zero attached hydrogens (tertiary/aromatic N) is 5. The maximum absolute atomic E-state index is 12.6. The molecule has 0 spiro atoms. The Morgan fingerprint density at radius 2 is 2.12 bits per heavy atom. The quantitative estimate of drug-likeness (QED) is 0.534. The van der Waals surface area contributed by atoms with Crippen molar-refractivity contribution in [3.8, 4) is 0 Å². The van der Waals surface area contributed by atoms with Crippen LogP contribution < -0.4 is 0 Å². The Morgan fingerprint density at radius 1 is 1.28 bits per heavy atom.